The summed E-state index contributed by atoms with van der Waals surface area (Å²) in [6.45, 7) is 1.74. The number of benzene rings is 2. The number of nitrogens with one attached hydrogen (secondary N) is 2. The molecule has 0 amide bonds. The number of hydrogen-bond acceptors (Lipinski definition) is 6. The molecular weight excluding hydrogens is 480 g/mol. The molecule has 3 aromatic heterocycles. The Morgan fingerprint density at radius 2 is 1.89 bits per heavy atom. The van der Waals surface area contributed by atoms with E-state index in [1.807, 2.05) is 22.9 Å². The lowest BCUT2D eigenvalue weighted by molar-refractivity contribution is 0.489. The summed E-state index contributed by atoms with van der Waals surface area (Å²) in [5.74, 6) is -3.13. The van der Waals surface area contributed by atoms with Gasteiger partial charge in [-0.25, -0.2) is 22.6 Å². The third-order valence-corrected chi connectivity index (χ3v) is 6.85. The number of sulfonamides is 1. The molecule has 0 saturated carbocycles. The van der Waals surface area contributed by atoms with E-state index in [0.717, 1.165) is 35.0 Å². The predicted octanol–water partition coefficient (Wildman–Crippen LogP) is 4.07. The molecule has 5 rings (SSSR count). The molecule has 5 aromatic rings. The molecular formula is C23H17F2N5O4S. The van der Waals surface area contributed by atoms with Gasteiger partial charge >= 0.3 is 5.76 Å². The summed E-state index contributed by atoms with van der Waals surface area (Å²) < 4.78 is 62.3. The van der Waals surface area contributed by atoms with E-state index in [9.17, 15) is 17.6 Å². The first-order valence-corrected chi connectivity index (χ1v) is 11.8. The Morgan fingerprint density at radius 1 is 1.09 bits per heavy atom. The molecule has 0 bridgehead atoms. The highest BCUT2D eigenvalue weighted by Crippen LogP contribution is 2.29. The molecule has 0 aliphatic rings. The number of halogens is 2. The largest absolute Gasteiger partial charge is 0.420 e. The predicted molar refractivity (Wildman–Crippen MR) is 123 cm³/mol. The van der Waals surface area contributed by atoms with Gasteiger partial charge in [-0.15, -0.1) is 0 Å². The van der Waals surface area contributed by atoms with Crippen LogP contribution in [-0.2, 0) is 10.0 Å². The fraction of sp³-hybridized carbons (Fsp3) is 0.0870. The van der Waals surface area contributed by atoms with E-state index in [1.165, 1.54) is 16.7 Å². The van der Waals surface area contributed by atoms with E-state index in [1.54, 1.807) is 25.3 Å². The Labute approximate surface area is 197 Å². The second-order valence-electron chi connectivity index (χ2n) is 7.71. The molecule has 2 aromatic carbocycles. The number of oxazole rings is 1. The quantitative estimate of drug-likeness (QED) is 0.341. The van der Waals surface area contributed by atoms with Gasteiger partial charge < -0.3 is 4.42 Å². The van der Waals surface area contributed by atoms with Gasteiger partial charge in [0.2, 0.25) is 5.95 Å². The average molecular weight is 497 g/mol. The Bertz CT molecular complexity index is 1710. The third-order valence-electron chi connectivity index (χ3n) is 5.48. The second-order valence-corrected chi connectivity index (χ2v) is 9.36. The highest BCUT2D eigenvalue weighted by Gasteiger charge is 2.25. The van der Waals surface area contributed by atoms with E-state index < -0.39 is 38.5 Å². The van der Waals surface area contributed by atoms with Gasteiger partial charge in [0.05, 0.1) is 17.3 Å². The molecule has 3 heterocycles. The number of hydrogen-bond donors (Lipinski definition) is 2. The minimum Gasteiger partial charge on any atom is -0.408 e. The minimum absolute atomic E-state index is 0.0785. The molecule has 0 unspecified atom stereocenters. The van der Waals surface area contributed by atoms with Crippen LogP contribution in [0.5, 0.6) is 0 Å². The van der Waals surface area contributed by atoms with Crippen molar-refractivity contribution in [2.24, 2.45) is 0 Å². The van der Waals surface area contributed by atoms with E-state index in [-0.39, 0.29) is 16.9 Å². The van der Waals surface area contributed by atoms with E-state index in [2.05, 4.69) is 15.2 Å². The number of anilines is 1. The van der Waals surface area contributed by atoms with Gasteiger partial charge in [0.25, 0.3) is 10.0 Å². The standard InChI is InChI=1S/C23H17F2N5O4S/c1-13(14-4-2-5-15(10-14)17-8-9-26-28-17)30-18-11-16(24)20(12-19(18)34-23(30)31)35(32,33)29-22-7-3-6-21(25)27-22/h2-13H,1H3,(H,26,28)(H,27,29)/t13-/m1/s1. The smallest absolute Gasteiger partial charge is 0.408 e. The molecule has 178 valence electrons. The van der Waals surface area contributed by atoms with Crippen molar-refractivity contribution in [3.05, 3.63) is 94.7 Å². The van der Waals surface area contributed by atoms with E-state index in [0.29, 0.717) is 0 Å². The Kier molecular flexibility index (Phi) is 5.44. The molecule has 0 radical (unpaired) electrons. The monoisotopic (exact) mass is 497 g/mol. The van der Waals surface area contributed by atoms with Crippen molar-refractivity contribution in [2.75, 3.05) is 4.72 Å². The molecule has 12 heteroatoms. The summed E-state index contributed by atoms with van der Waals surface area (Å²) in [6, 6.07) is 13.9. The average Bonchev–Trinajstić information content (AvgIpc) is 3.45. The van der Waals surface area contributed by atoms with Gasteiger partial charge in [-0.2, -0.15) is 9.49 Å². The van der Waals surface area contributed by atoms with Crippen molar-refractivity contribution in [2.45, 2.75) is 17.9 Å². The van der Waals surface area contributed by atoms with Crippen LogP contribution in [0.2, 0.25) is 0 Å². The normalized spacial score (nSPS) is 12.7. The lowest BCUT2D eigenvalue weighted by atomic mass is 10.0. The number of aromatic nitrogens is 4. The topological polar surface area (TPSA) is 123 Å². The molecule has 9 nitrogen and oxygen atoms in total. The van der Waals surface area contributed by atoms with Gasteiger partial charge in [-0.3, -0.25) is 14.4 Å². The molecule has 35 heavy (non-hydrogen) atoms. The van der Waals surface area contributed by atoms with Crippen molar-refractivity contribution >= 4 is 26.9 Å². The zero-order valence-electron chi connectivity index (χ0n) is 18.1. The maximum Gasteiger partial charge on any atom is 0.420 e. The van der Waals surface area contributed by atoms with Gasteiger partial charge in [0.15, 0.2) is 5.58 Å². The van der Waals surface area contributed by atoms with Crippen LogP contribution in [0.25, 0.3) is 22.4 Å². The van der Waals surface area contributed by atoms with Crippen LogP contribution in [0.15, 0.2) is 81.0 Å². The highest BCUT2D eigenvalue weighted by molar-refractivity contribution is 7.92. The summed E-state index contributed by atoms with van der Waals surface area (Å²) in [7, 11) is -4.49. The molecule has 0 saturated heterocycles. The van der Waals surface area contributed by atoms with Crippen LogP contribution < -0.4 is 10.5 Å². The highest BCUT2D eigenvalue weighted by atomic mass is 32.2. The summed E-state index contributed by atoms with van der Waals surface area (Å²) in [4.78, 5) is 15.3. The van der Waals surface area contributed by atoms with Crippen LogP contribution in [0.1, 0.15) is 18.5 Å². The van der Waals surface area contributed by atoms with Crippen LogP contribution in [0, 0.1) is 11.8 Å². The van der Waals surface area contributed by atoms with Crippen LogP contribution in [0.3, 0.4) is 0 Å². The maximum atomic E-state index is 15.0. The summed E-state index contributed by atoms with van der Waals surface area (Å²) in [5.41, 5.74) is 2.31. The molecule has 0 aliphatic carbocycles. The second kappa shape index (κ2) is 8.47. The van der Waals surface area contributed by atoms with Crippen LogP contribution >= 0.6 is 0 Å². The lowest BCUT2D eigenvalue weighted by Crippen LogP contribution is -2.19. The number of H-pyrrole nitrogens is 1. The first kappa shape index (κ1) is 22.5. The Hall–Kier alpha value is -4.32. The van der Waals surface area contributed by atoms with Gasteiger partial charge in [-0.05, 0) is 42.3 Å². The van der Waals surface area contributed by atoms with Gasteiger partial charge in [0, 0.05) is 18.3 Å². The van der Waals surface area contributed by atoms with Gasteiger partial charge in [-0.1, -0.05) is 24.3 Å². The van der Waals surface area contributed by atoms with E-state index in [4.69, 9.17) is 4.42 Å². The Morgan fingerprint density at radius 3 is 2.63 bits per heavy atom. The summed E-state index contributed by atoms with van der Waals surface area (Å²) in [5, 5.41) is 6.80. The summed E-state index contributed by atoms with van der Waals surface area (Å²) >= 11 is 0. The lowest BCUT2D eigenvalue weighted by Gasteiger charge is -2.15. The van der Waals surface area contributed by atoms with Gasteiger partial charge in [0.1, 0.15) is 16.5 Å². The number of pyridine rings is 1. The molecule has 2 N–H and O–H groups in total. The van der Waals surface area contributed by atoms with E-state index >= 15 is 4.39 Å². The molecule has 0 spiro atoms. The molecule has 0 fully saturated rings. The van der Waals surface area contributed by atoms with Crippen molar-refractivity contribution in [1.82, 2.24) is 19.7 Å². The number of nitrogens with zero attached hydrogens (tertiary/aromatic N) is 3. The van der Waals surface area contributed by atoms with Crippen molar-refractivity contribution in [1.29, 1.82) is 0 Å². The first-order chi connectivity index (χ1) is 16.7. The fourth-order valence-electron chi connectivity index (χ4n) is 3.80. The SMILES string of the molecule is C[C@H](c1cccc(-c2ccn[nH]2)c1)n1c(=O)oc2cc(S(=O)(=O)Nc3cccc(F)n3)c(F)cc21. The third kappa shape index (κ3) is 4.19. The summed E-state index contributed by atoms with van der Waals surface area (Å²) in [6.07, 6.45) is 1.62. The number of fused-ring (bicyclic) bond motifs is 1. The molecule has 0 aliphatic heterocycles. The maximum absolute atomic E-state index is 15.0. The molecule has 1 atom stereocenters. The number of rotatable bonds is 6. The van der Waals surface area contributed by atoms with Crippen molar-refractivity contribution in [3.8, 4) is 11.3 Å². The van der Waals surface area contributed by atoms with Crippen molar-refractivity contribution in [3.63, 3.8) is 0 Å². The van der Waals surface area contributed by atoms with Crippen LogP contribution in [0.4, 0.5) is 14.6 Å². The first-order valence-electron chi connectivity index (χ1n) is 10.3. The number of aromatic amines is 1. The zero-order chi connectivity index (χ0) is 24.7. The fourth-order valence-corrected chi connectivity index (χ4v) is 4.87. The van der Waals surface area contributed by atoms with Crippen LogP contribution in [-0.4, -0.2) is 28.2 Å². The zero-order valence-corrected chi connectivity index (χ0v) is 18.9. The Balaban J connectivity index is 1.55. The minimum atomic E-state index is -4.49. The van der Waals surface area contributed by atoms with Crippen molar-refractivity contribution < 1.29 is 21.6 Å².